The summed E-state index contributed by atoms with van der Waals surface area (Å²) < 4.78 is 35.0. The van der Waals surface area contributed by atoms with E-state index in [1.165, 1.54) is 35.2 Å². The quantitative estimate of drug-likeness (QED) is 0.472. The summed E-state index contributed by atoms with van der Waals surface area (Å²) in [5.41, 5.74) is 1.00. The molecule has 0 fully saturated rings. The molecule has 7 nitrogen and oxygen atoms in total. The molecule has 1 aromatic heterocycles. The molecule has 3 aromatic rings. The first-order valence-electron chi connectivity index (χ1n) is 8.24. The van der Waals surface area contributed by atoms with Crippen molar-refractivity contribution < 1.29 is 23.0 Å². The smallest absolute Gasteiger partial charge is 0.387 e. The number of carbonyl (C=O) groups excluding carboxylic acids is 1. The first-order chi connectivity index (χ1) is 14.0. The Morgan fingerprint density at radius 2 is 1.93 bits per heavy atom. The third-order valence-electron chi connectivity index (χ3n) is 3.45. The van der Waals surface area contributed by atoms with E-state index in [0.717, 1.165) is 11.4 Å². The molecule has 152 valence electrons. The van der Waals surface area contributed by atoms with Crippen molar-refractivity contribution in [3.63, 3.8) is 0 Å². The Morgan fingerprint density at radius 1 is 1.17 bits per heavy atom. The number of amides is 1. The SMILES string of the molecule is COc1ccc(Nc2nnc(SCC(=O)Nc3ccccc3OC(F)F)s2)cc1. The predicted octanol–water partition coefficient (Wildman–Crippen LogP) is 4.62. The van der Waals surface area contributed by atoms with Crippen LogP contribution in [0.3, 0.4) is 0 Å². The van der Waals surface area contributed by atoms with E-state index in [0.29, 0.717) is 9.47 Å². The number of alkyl halides is 2. The van der Waals surface area contributed by atoms with Crippen molar-refractivity contribution in [3.05, 3.63) is 48.5 Å². The van der Waals surface area contributed by atoms with Gasteiger partial charge in [0.05, 0.1) is 18.6 Å². The van der Waals surface area contributed by atoms with Gasteiger partial charge in [0, 0.05) is 5.69 Å². The largest absolute Gasteiger partial charge is 0.497 e. The number of hydrogen-bond donors (Lipinski definition) is 2. The highest BCUT2D eigenvalue weighted by molar-refractivity contribution is 8.01. The molecule has 1 heterocycles. The zero-order chi connectivity index (χ0) is 20.6. The van der Waals surface area contributed by atoms with Gasteiger partial charge in [-0.15, -0.1) is 10.2 Å². The van der Waals surface area contributed by atoms with E-state index in [-0.39, 0.29) is 23.1 Å². The van der Waals surface area contributed by atoms with Gasteiger partial charge < -0.3 is 20.1 Å². The molecule has 0 aliphatic heterocycles. The summed E-state index contributed by atoms with van der Waals surface area (Å²) in [4.78, 5) is 12.1. The second-order valence-electron chi connectivity index (χ2n) is 5.44. The van der Waals surface area contributed by atoms with Crippen LogP contribution >= 0.6 is 23.1 Å². The molecule has 0 bridgehead atoms. The summed E-state index contributed by atoms with van der Waals surface area (Å²) in [6, 6.07) is 13.3. The van der Waals surface area contributed by atoms with Crippen LogP contribution in [0, 0.1) is 0 Å². The van der Waals surface area contributed by atoms with Gasteiger partial charge in [-0.25, -0.2) is 0 Å². The Morgan fingerprint density at radius 3 is 2.66 bits per heavy atom. The number of aromatic nitrogens is 2. The number of nitrogens with zero attached hydrogens (tertiary/aromatic N) is 2. The Labute approximate surface area is 173 Å². The molecule has 2 N–H and O–H groups in total. The highest BCUT2D eigenvalue weighted by Crippen LogP contribution is 2.29. The molecule has 29 heavy (non-hydrogen) atoms. The lowest BCUT2D eigenvalue weighted by Crippen LogP contribution is -2.15. The van der Waals surface area contributed by atoms with Crippen LogP contribution in [0.25, 0.3) is 0 Å². The van der Waals surface area contributed by atoms with Gasteiger partial charge in [-0.1, -0.05) is 35.2 Å². The molecule has 0 unspecified atom stereocenters. The molecule has 11 heteroatoms. The van der Waals surface area contributed by atoms with Gasteiger partial charge in [0.15, 0.2) is 4.34 Å². The van der Waals surface area contributed by atoms with E-state index in [9.17, 15) is 13.6 Å². The maximum atomic E-state index is 12.4. The van der Waals surface area contributed by atoms with Crippen molar-refractivity contribution in [3.8, 4) is 11.5 Å². The molecular weight excluding hydrogens is 422 g/mol. The Hall–Kier alpha value is -2.92. The molecule has 0 aliphatic rings. The fourth-order valence-corrected chi connectivity index (χ4v) is 3.77. The number of rotatable bonds is 9. The number of hydrogen-bond acceptors (Lipinski definition) is 8. The maximum absolute atomic E-state index is 12.4. The second kappa shape index (κ2) is 10.0. The Kier molecular flexibility index (Phi) is 7.19. The van der Waals surface area contributed by atoms with E-state index in [1.807, 2.05) is 24.3 Å². The summed E-state index contributed by atoms with van der Waals surface area (Å²) in [6.07, 6.45) is 0. The van der Waals surface area contributed by atoms with Crippen LogP contribution in [0.5, 0.6) is 11.5 Å². The molecule has 2 aromatic carbocycles. The second-order valence-corrected chi connectivity index (χ2v) is 7.64. The minimum atomic E-state index is -2.97. The number of halogens is 2. The Balaban J connectivity index is 1.52. The van der Waals surface area contributed by atoms with E-state index >= 15 is 0 Å². The summed E-state index contributed by atoms with van der Waals surface area (Å²) in [6.45, 7) is -2.97. The first-order valence-corrected chi connectivity index (χ1v) is 10.0. The van der Waals surface area contributed by atoms with E-state index < -0.39 is 6.61 Å². The number of thioether (sulfide) groups is 1. The topological polar surface area (TPSA) is 85.4 Å². The van der Waals surface area contributed by atoms with Crippen LogP contribution in [-0.2, 0) is 4.79 Å². The van der Waals surface area contributed by atoms with E-state index in [1.54, 1.807) is 19.2 Å². The summed E-state index contributed by atoms with van der Waals surface area (Å²) >= 11 is 2.48. The van der Waals surface area contributed by atoms with Crippen molar-refractivity contribution in [2.24, 2.45) is 0 Å². The molecule has 3 rings (SSSR count). The zero-order valence-electron chi connectivity index (χ0n) is 15.1. The monoisotopic (exact) mass is 438 g/mol. The number of ether oxygens (including phenoxy) is 2. The zero-order valence-corrected chi connectivity index (χ0v) is 16.7. The van der Waals surface area contributed by atoms with Crippen LogP contribution in [0.4, 0.5) is 25.3 Å². The molecule has 1 amide bonds. The van der Waals surface area contributed by atoms with Crippen molar-refractivity contribution in [1.29, 1.82) is 0 Å². The van der Waals surface area contributed by atoms with Gasteiger partial charge in [-0.2, -0.15) is 8.78 Å². The van der Waals surface area contributed by atoms with Gasteiger partial charge >= 0.3 is 6.61 Å². The molecule has 0 saturated carbocycles. The molecule has 0 spiro atoms. The van der Waals surface area contributed by atoms with Crippen LogP contribution in [0.1, 0.15) is 0 Å². The number of nitrogens with one attached hydrogen (secondary N) is 2. The van der Waals surface area contributed by atoms with Crippen molar-refractivity contribution in [1.82, 2.24) is 10.2 Å². The van der Waals surface area contributed by atoms with Gasteiger partial charge in [0.2, 0.25) is 11.0 Å². The van der Waals surface area contributed by atoms with Gasteiger partial charge in [0.25, 0.3) is 0 Å². The summed E-state index contributed by atoms with van der Waals surface area (Å²) in [7, 11) is 1.59. The minimum Gasteiger partial charge on any atom is -0.497 e. The highest BCUT2D eigenvalue weighted by Gasteiger charge is 2.13. The summed E-state index contributed by atoms with van der Waals surface area (Å²) in [5, 5.41) is 14.3. The average Bonchev–Trinajstić information content (AvgIpc) is 3.15. The molecular formula is C18H16F2N4O3S2. The molecule has 0 saturated heterocycles. The van der Waals surface area contributed by atoms with Crippen LogP contribution in [-0.4, -0.2) is 35.6 Å². The van der Waals surface area contributed by atoms with Crippen LogP contribution in [0.2, 0.25) is 0 Å². The van der Waals surface area contributed by atoms with Crippen LogP contribution in [0.15, 0.2) is 52.9 Å². The number of carbonyl (C=O) groups is 1. The third kappa shape index (κ3) is 6.29. The molecule has 0 atom stereocenters. The van der Waals surface area contributed by atoms with Gasteiger partial charge in [0.1, 0.15) is 11.5 Å². The lowest BCUT2D eigenvalue weighted by molar-refractivity contribution is -0.113. The fraction of sp³-hybridized carbons (Fsp3) is 0.167. The van der Waals surface area contributed by atoms with Gasteiger partial charge in [-0.05, 0) is 36.4 Å². The van der Waals surface area contributed by atoms with E-state index in [4.69, 9.17) is 4.74 Å². The molecule has 0 radical (unpaired) electrons. The van der Waals surface area contributed by atoms with Crippen molar-refractivity contribution in [2.45, 2.75) is 11.0 Å². The predicted molar refractivity (Wildman–Crippen MR) is 109 cm³/mol. The fourth-order valence-electron chi connectivity index (χ4n) is 2.20. The molecule has 0 aliphatic carbocycles. The number of anilines is 3. The Bertz CT molecular complexity index is 954. The third-order valence-corrected chi connectivity index (χ3v) is 5.42. The highest BCUT2D eigenvalue weighted by atomic mass is 32.2. The lowest BCUT2D eigenvalue weighted by atomic mass is 10.3. The van der Waals surface area contributed by atoms with Crippen LogP contribution < -0.4 is 20.1 Å². The van der Waals surface area contributed by atoms with Crippen molar-refractivity contribution >= 4 is 45.5 Å². The standard InChI is InChI=1S/C18H16F2N4O3S2/c1-26-12-8-6-11(7-9-12)21-17-23-24-18(29-17)28-10-15(25)22-13-4-2-3-5-14(13)27-16(19)20/h2-9,16H,10H2,1H3,(H,21,23)(H,22,25). The maximum Gasteiger partial charge on any atom is 0.387 e. The van der Waals surface area contributed by atoms with E-state index in [2.05, 4.69) is 25.6 Å². The number of para-hydroxylation sites is 2. The first kappa shape index (κ1) is 20.8. The normalized spacial score (nSPS) is 10.6. The number of benzene rings is 2. The average molecular weight is 438 g/mol. The van der Waals surface area contributed by atoms with Crippen molar-refractivity contribution in [2.75, 3.05) is 23.5 Å². The minimum absolute atomic E-state index is 0.0418. The number of methoxy groups -OCH3 is 1. The van der Waals surface area contributed by atoms with Gasteiger partial charge in [-0.3, -0.25) is 4.79 Å². The lowest BCUT2D eigenvalue weighted by Gasteiger charge is -2.11. The summed E-state index contributed by atoms with van der Waals surface area (Å²) in [5.74, 6) is 0.318.